The van der Waals surface area contributed by atoms with Crippen molar-refractivity contribution in [2.45, 2.75) is 0 Å². The minimum absolute atomic E-state index is 0.0765. The van der Waals surface area contributed by atoms with E-state index in [1.54, 1.807) is 12.1 Å². The van der Waals surface area contributed by atoms with Crippen LogP contribution in [0.3, 0.4) is 0 Å². The Balaban J connectivity index is 2.18. The van der Waals surface area contributed by atoms with Crippen LogP contribution in [-0.4, -0.2) is 20.9 Å². The number of carboxylic acid groups (broad SMARTS) is 1. The number of nitrogens with zero attached hydrogens (tertiary/aromatic N) is 2. The molecule has 106 valence electrons. The molecule has 2 heterocycles. The fourth-order valence-electron chi connectivity index (χ4n) is 1.91. The zero-order chi connectivity index (χ0) is 15.0. The van der Waals surface area contributed by atoms with Crippen molar-refractivity contribution < 1.29 is 14.3 Å². The first-order valence-electron chi connectivity index (χ1n) is 5.90. The third kappa shape index (κ3) is 2.66. The number of carboxylic acids is 1. The number of para-hydroxylation sites is 1. The van der Waals surface area contributed by atoms with Crippen LogP contribution in [0.4, 0.5) is 0 Å². The molecule has 7 heteroatoms. The molecular formula is C14H8Br2N2O3. The number of furan rings is 1. The Labute approximate surface area is 136 Å². The van der Waals surface area contributed by atoms with Crippen molar-refractivity contribution in [1.82, 2.24) is 9.78 Å². The number of halogens is 2. The highest BCUT2D eigenvalue weighted by Gasteiger charge is 2.20. The van der Waals surface area contributed by atoms with Crippen LogP contribution in [0.2, 0.25) is 0 Å². The van der Waals surface area contributed by atoms with Crippen LogP contribution in [0, 0.1) is 0 Å². The molecule has 0 bridgehead atoms. The molecule has 3 rings (SSSR count). The van der Waals surface area contributed by atoms with E-state index in [9.17, 15) is 9.90 Å². The summed E-state index contributed by atoms with van der Waals surface area (Å²) in [4.78, 5) is 11.4. The molecule has 21 heavy (non-hydrogen) atoms. The van der Waals surface area contributed by atoms with Gasteiger partial charge < -0.3 is 9.52 Å². The molecular weight excluding hydrogens is 404 g/mol. The molecule has 5 nitrogen and oxygen atoms in total. The Kier molecular flexibility index (Phi) is 3.69. The molecule has 0 fully saturated rings. The van der Waals surface area contributed by atoms with E-state index < -0.39 is 5.97 Å². The number of benzene rings is 1. The molecule has 0 saturated carbocycles. The summed E-state index contributed by atoms with van der Waals surface area (Å²) in [5, 5.41) is 13.7. The average Bonchev–Trinajstić information content (AvgIpc) is 3.05. The van der Waals surface area contributed by atoms with Crippen LogP contribution in [0.25, 0.3) is 17.1 Å². The van der Waals surface area contributed by atoms with Gasteiger partial charge in [-0.05, 0) is 56.1 Å². The Morgan fingerprint density at radius 3 is 2.57 bits per heavy atom. The van der Waals surface area contributed by atoms with Crippen LogP contribution in [0.5, 0.6) is 0 Å². The Morgan fingerprint density at radius 1 is 1.19 bits per heavy atom. The van der Waals surface area contributed by atoms with Gasteiger partial charge in [0.2, 0.25) is 0 Å². The molecule has 0 spiro atoms. The summed E-state index contributed by atoms with van der Waals surface area (Å²) < 4.78 is 8.25. The van der Waals surface area contributed by atoms with Crippen molar-refractivity contribution in [3.63, 3.8) is 0 Å². The van der Waals surface area contributed by atoms with E-state index in [4.69, 9.17) is 4.42 Å². The third-order valence-corrected chi connectivity index (χ3v) is 3.95. The molecule has 0 aliphatic heterocycles. The van der Waals surface area contributed by atoms with Crippen LogP contribution in [0.1, 0.15) is 10.4 Å². The maximum absolute atomic E-state index is 11.4. The Hall–Kier alpha value is -1.86. The van der Waals surface area contributed by atoms with Crippen molar-refractivity contribution in [1.29, 1.82) is 0 Å². The number of aromatic nitrogens is 2. The monoisotopic (exact) mass is 410 g/mol. The summed E-state index contributed by atoms with van der Waals surface area (Å²) in [5.41, 5.74) is 1.11. The van der Waals surface area contributed by atoms with Gasteiger partial charge in [0, 0.05) is 10.7 Å². The van der Waals surface area contributed by atoms with Gasteiger partial charge in [-0.1, -0.05) is 12.1 Å². The molecule has 3 aromatic rings. The lowest BCUT2D eigenvalue weighted by molar-refractivity contribution is 0.0697. The van der Waals surface area contributed by atoms with Gasteiger partial charge in [-0.3, -0.25) is 0 Å². The summed E-state index contributed by atoms with van der Waals surface area (Å²) in [6.45, 7) is 0. The SMILES string of the molecule is O=C(O)c1cn(-c2ccccc2Br)nc1-c1ccc(Br)o1. The molecule has 1 aromatic carbocycles. The second-order valence-electron chi connectivity index (χ2n) is 4.20. The summed E-state index contributed by atoms with van der Waals surface area (Å²) in [7, 11) is 0. The van der Waals surface area contributed by atoms with Gasteiger partial charge in [-0.2, -0.15) is 5.10 Å². The zero-order valence-corrected chi connectivity index (χ0v) is 13.6. The predicted molar refractivity (Wildman–Crippen MR) is 83.6 cm³/mol. The molecule has 0 radical (unpaired) electrons. The molecule has 0 amide bonds. The van der Waals surface area contributed by atoms with Crippen molar-refractivity contribution in [3.8, 4) is 17.1 Å². The highest BCUT2D eigenvalue weighted by molar-refractivity contribution is 9.10. The van der Waals surface area contributed by atoms with Crippen LogP contribution in [0.15, 0.2) is 56.2 Å². The van der Waals surface area contributed by atoms with Gasteiger partial charge in [0.1, 0.15) is 11.3 Å². The van der Waals surface area contributed by atoms with Crippen LogP contribution < -0.4 is 0 Å². The molecule has 2 aromatic heterocycles. The number of hydrogen-bond acceptors (Lipinski definition) is 3. The number of rotatable bonds is 3. The highest BCUT2D eigenvalue weighted by Crippen LogP contribution is 2.29. The van der Waals surface area contributed by atoms with Gasteiger partial charge >= 0.3 is 5.97 Å². The molecule has 1 N–H and O–H groups in total. The quantitative estimate of drug-likeness (QED) is 0.695. The zero-order valence-electron chi connectivity index (χ0n) is 10.5. The lowest BCUT2D eigenvalue weighted by Crippen LogP contribution is -1.96. The minimum Gasteiger partial charge on any atom is -0.478 e. The molecule has 0 aliphatic rings. The fourth-order valence-corrected chi connectivity index (χ4v) is 2.69. The predicted octanol–water partition coefficient (Wildman–Crippen LogP) is 4.36. The average molecular weight is 412 g/mol. The first kappa shape index (κ1) is 14.1. The standard InChI is InChI=1S/C14H8Br2N2O3/c15-9-3-1-2-4-10(9)18-7-8(14(19)20)13(17-18)11-5-6-12(16)21-11/h1-7H,(H,19,20). The summed E-state index contributed by atoms with van der Waals surface area (Å²) in [6, 6.07) is 10.8. The molecule has 0 atom stereocenters. The lowest BCUT2D eigenvalue weighted by Gasteiger charge is -2.02. The molecule has 0 saturated heterocycles. The van der Waals surface area contributed by atoms with Gasteiger partial charge in [-0.15, -0.1) is 0 Å². The maximum atomic E-state index is 11.4. The molecule has 0 unspecified atom stereocenters. The normalized spacial score (nSPS) is 10.8. The van der Waals surface area contributed by atoms with E-state index in [-0.39, 0.29) is 11.3 Å². The third-order valence-electron chi connectivity index (χ3n) is 2.85. The first-order valence-corrected chi connectivity index (χ1v) is 7.48. The van der Waals surface area contributed by atoms with E-state index in [0.29, 0.717) is 10.4 Å². The van der Waals surface area contributed by atoms with E-state index in [2.05, 4.69) is 37.0 Å². The van der Waals surface area contributed by atoms with E-state index in [1.165, 1.54) is 10.9 Å². The lowest BCUT2D eigenvalue weighted by atomic mass is 10.2. The van der Waals surface area contributed by atoms with E-state index >= 15 is 0 Å². The second kappa shape index (κ2) is 5.50. The van der Waals surface area contributed by atoms with Crippen molar-refractivity contribution in [3.05, 3.63) is 57.3 Å². The van der Waals surface area contributed by atoms with Crippen LogP contribution in [-0.2, 0) is 0 Å². The number of hydrogen-bond donors (Lipinski definition) is 1. The smallest absolute Gasteiger partial charge is 0.339 e. The Bertz CT molecular complexity index is 823. The van der Waals surface area contributed by atoms with Gasteiger partial charge in [-0.25, -0.2) is 9.48 Å². The van der Waals surface area contributed by atoms with Crippen molar-refractivity contribution in [2.24, 2.45) is 0 Å². The van der Waals surface area contributed by atoms with E-state index in [1.807, 2.05) is 24.3 Å². The summed E-state index contributed by atoms with van der Waals surface area (Å²) in [6.07, 6.45) is 1.47. The van der Waals surface area contributed by atoms with Gasteiger partial charge in [0.15, 0.2) is 10.4 Å². The Morgan fingerprint density at radius 2 is 1.95 bits per heavy atom. The first-order chi connectivity index (χ1) is 10.1. The number of carbonyl (C=O) groups is 1. The van der Waals surface area contributed by atoms with Crippen LogP contribution >= 0.6 is 31.9 Å². The summed E-state index contributed by atoms with van der Waals surface area (Å²) >= 11 is 6.62. The fraction of sp³-hybridized carbons (Fsp3) is 0. The maximum Gasteiger partial charge on any atom is 0.339 e. The molecule has 0 aliphatic carbocycles. The topological polar surface area (TPSA) is 68.3 Å². The minimum atomic E-state index is -1.06. The van der Waals surface area contributed by atoms with Crippen molar-refractivity contribution >= 4 is 37.8 Å². The highest BCUT2D eigenvalue weighted by atomic mass is 79.9. The van der Waals surface area contributed by atoms with Gasteiger partial charge in [0.05, 0.1) is 5.69 Å². The van der Waals surface area contributed by atoms with Crippen molar-refractivity contribution in [2.75, 3.05) is 0 Å². The summed E-state index contributed by atoms with van der Waals surface area (Å²) in [5.74, 6) is -0.666. The van der Waals surface area contributed by atoms with Gasteiger partial charge in [0.25, 0.3) is 0 Å². The number of aromatic carboxylic acids is 1. The second-order valence-corrected chi connectivity index (χ2v) is 5.83. The van der Waals surface area contributed by atoms with E-state index in [0.717, 1.165) is 10.2 Å². The largest absolute Gasteiger partial charge is 0.478 e.